The molecule has 2 unspecified atom stereocenters. The lowest BCUT2D eigenvalue weighted by Crippen LogP contribution is -2.30. The number of aliphatic hydroxyl groups is 3. The molecular weight excluding hydrogens is 496 g/mol. The second-order valence-electron chi connectivity index (χ2n) is 7.64. The SMILES string of the molecule is CC.CC.CC.COc1ccc(C(c2ccccc2O)C(CO)Oc2ccc(C(C)=O)cc2CO)cc1CO. The van der Waals surface area contributed by atoms with Crippen molar-refractivity contribution in [1.29, 1.82) is 0 Å². The standard InChI is InChI=1S/C26H28O7.3C2H6/c1-16(30)17-7-10-24(20(11-17)14-28)33-25(15-29)26(21-5-3-4-6-22(21)31)18-8-9-23(32-2)19(12-18)13-27;3*1-2/h3-12,25-29,31H,13-15H2,1-2H3;3*1-2H3. The number of hydrogen-bond acceptors (Lipinski definition) is 7. The summed E-state index contributed by atoms with van der Waals surface area (Å²) in [6, 6.07) is 16.7. The Morgan fingerprint density at radius 2 is 1.36 bits per heavy atom. The summed E-state index contributed by atoms with van der Waals surface area (Å²) >= 11 is 0. The van der Waals surface area contributed by atoms with E-state index in [4.69, 9.17) is 9.47 Å². The molecule has 216 valence electrons. The molecular formula is C32H46O7. The molecule has 39 heavy (non-hydrogen) atoms. The maximum Gasteiger partial charge on any atom is 0.159 e. The van der Waals surface area contributed by atoms with Gasteiger partial charge >= 0.3 is 0 Å². The molecule has 3 aromatic carbocycles. The fraction of sp³-hybridized carbons (Fsp3) is 0.406. The molecule has 3 aromatic rings. The van der Waals surface area contributed by atoms with Crippen LogP contribution in [0.1, 0.15) is 87.0 Å². The van der Waals surface area contributed by atoms with Crippen LogP contribution in [0.4, 0.5) is 0 Å². The van der Waals surface area contributed by atoms with Crippen molar-refractivity contribution in [3.05, 3.63) is 88.5 Å². The molecule has 0 aliphatic carbocycles. The van der Waals surface area contributed by atoms with Gasteiger partial charge in [0, 0.05) is 22.3 Å². The van der Waals surface area contributed by atoms with E-state index in [1.165, 1.54) is 14.0 Å². The predicted molar refractivity (Wildman–Crippen MR) is 157 cm³/mol. The van der Waals surface area contributed by atoms with E-state index in [0.29, 0.717) is 39.3 Å². The number of aromatic hydroxyl groups is 1. The molecule has 0 aliphatic rings. The summed E-state index contributed by atoms with van der Waals surface area (Å²) in [6.07, 6.45) is -0.855. The summed E-state index contributed by atoms with van der Waals surface area (Å²) in [5.41, 5.74) is 2.60. The maximum atomic E-state index is 11.7. The van der Waals surface area contributed by atoms with Gasteiger partial charge in [-0.25, -0.2) is 0 Å². The highest BCUT2D eigenvalue weighted by molar-refractivity contribution is 5.94. The van der Waals surface area contributed by atoms with Crippen LogP contribution >= 0.6 is 0 Å². The van der Waals surface area contributed by atoms with Crippen molar-refractivity contribution in [2.45, 2.75) is 73.7 Å². The Bertz CT molecular complexity index is 1110. The Morgan fingerprint density at radius 1 is 0.795 bits per heavy atom. The van der Waals surface area contributed by atoms with Crippen LogP contribution in [0.3, 0.4) is 0 Å². The van der Waals surface area contributed by atoms with Gasteiger partial charge in [-0.1, -0.05) is 65.8 Å². The number of para-hydroxylation sites is 1. The zero-order valence-electron chi connectivity index (χ0n) is 24.6. The van der Waals surface area contributed by atoms with Gasteiger partial charge in [0.1, 0.15) is 23.4 Å². The van der Waals surface area contributed by atoms with Crippen molar-refractivity contribution in [2.24, 2.45) is 0 Å². The summed E-state index contributed by atoms with van der Waals surface area (Å²) < 4.78 is 11.4. The third-order valence-corrected chi connectivity index (χ3v) is 5.57. The lowest BCUT2D eigenvalue weighted by Gasteiger charge is -2.29. The van der Waals surface area contributed by atoms with Gasteiger partial charge < -0.3 is 29.9 Å². The van der Waals surface area contributed by atoms with Crippen LogP contribution in [0.5, 0.6) is 17.2 Å². The van der Waals surface area contributed by atoms with Gasteiger partial charge in [0.2, 0.25) is 0 Å². The zero-order chi connectivity index (χ0) is 30.0. The number of carbonyl (C=O) groups is 1. The van der Waals surface area contributed by atoms with E-state index in [9.17, 15) is 25.2 Å². The number of rotatable bonds is 10. The first-order valence-corrected chi connectivity index (χ1v) is 13.5. The largest absolute Gasteiger partial charge is 0.508 e. The van der Waals surface area contributed by atoms with Crippen molar-refractivity contribution >= 4 is 5.78 Å². The van der Waals surface area contributed by atoms with E-state index >= 15 is 0 Å². The number of benzene rings is 3. The maximum absolute atomic E-state index is 11.7. The summed E-state index contributed by atoms with van der Waals surface area (Å²) in [5, 5.41) is 40.5. The first-order chi connectivity index (χ1) is 18.9. The number of methoxy groups -OCH3 is 1. The van der Waals surface area contributed by atoms with Gasteiger partial charge in [-0.2, -0.15) is 0 Å². The Kier molecular flexibility index (Phi) is 17.9. The highest BCUT2D eigenvalue weighted by atomic mass is 16.5. The molecule has 0 radical (unpaired) electrons. The number of ketones is 1. The van der Waals surface area contributed by atoms with Crippen molar-refractivity contribution < 1.29 is 34.7 Å². The van der Waals surface area contributed by atoms with Gasteiger partial charge in [0.25, 0.3) is 0 Å². The van der Waals surface area contributed by atoms with Crippen molar-refractivity contribution in [2.75, 3.05) is 13.7 Å². The number of aliphatic hydroxyl groups excluding tert-OH is 3. The number of phenolic OH excluding ortho intramolecular Hbond substituents is 1. The first-order valence-electron chi connectivity index (χ1n) is 13.5. The Balaban J connectivity index is 0.00000225. The third-order valence-electron chi connectivity index (χ3n) is 5.57. The molecule has 3 rings (SSSR count). The average Bonchev–Trinajstić information content (AvgIpc) is 3.00. The molecule has 0 heterocycles. The Morgan fingerprint density at radius 3 is 1.87 bits per heavy atom. The third kappa shape index (κ3) is 9.70. The lowest BCUT2D eigenvalue weighted by atomic mass is 9.85. The fourth-order valence-corrected chi connectivity index (χ4v) is 3.87. The minimum atomic E-state index is -0.855. The molecule has 2 atom stereocenters. The van der Waals surface area contributed by atoms with Crippen LogP contribution in [-0.4, -0.2) is 46.0 Å². The molecule has 7 heteroatoms. The monoisotopic (exact) mass is 542 g/mol. The molecule has 0 bridgehead atoms. The highest BCUT2D eigenvalue weighted by Gasteiger charge is 2.30. The second kappa shape index (κ2) is 19.6. The van der Waals surface area contributed by atoms with E-state index < -0.39 is 18.6 Å². The number of phenols is 1. The number of carbonyl (C=O) groups excluding carboxylic acids is 1. The zero-order valence-corrected chi connectivity index (χ0v) is 24.6. The van der Waals surface area contributed by atoms with Crippen molar-refractivity contribution in [3.63, 3.8) is 0 Å². The number of ether oxygens (including phenoxy) is 2. The topological polar surface area (TPSA) is 116 Å². The summed E-state index contributed by atoms with van der Waals surface area (Å²) in [6.45, 7) is 12.4. The minimum Gasteiger partial charge on any atom is -0.508 e. The quantitative estimate of drug-likeness (QED) is 0.224. The average molecular weight is 543 g/mol. The van der Waals surface area contributed by atoms with E-state index in [0.717, 1.165) is 0 Å². The lowest BCUT2D eigenvalue weighted by molar-refractivity contribution is 0.0987. The number of Topliss-reactive ketones (excluding diaryl/α,β-unsaturated/α-hetero) is 1. The van der Waals surface area contributed by atoms with Gasteiger partial charge in [0.15, 0.2) is 5.78 Å². The minimum absolute atomic E-state index is 0.0280. The van der Waals surface area contributed by atoms with Crippen LogP contribution in [0.15, 0.2) is 60.7 Å². The van der Waals surface area contributed by atoms with Crippen LogP contribution in [0.2, 0.25) is 0 Å². The molecule has 0 amide bonds. The number of hydrogen-bond donors (Lipinski definition) is 4. The normalized spacial score (nSPS) is 11.3. The van der Waals surface area contributed by atoms with E-state index in [1.807, 2.05) is 41.5 Å². The fourth-order valence-electron chi connectivity index (χ4n) is 3.87. The van der Waals surface area contributed by atoms with E-state index in [-0.39, 0.29) is 24.7 Å². The van der Waals surface area contributed by atoms with Crippen molar-refractivity contribution in [3.8, 4) is 17.2 Å². The molecule has 0 saturated heterocycles. The molecule has 7 nitrogen and oxygen atoms in total. The van der Waals surface area contributed by atoms with Crippen LogP contribution in [0, 0.1) is 0 Å². The molecule has 0 aliphatic heterocycles. The predicted octanol–water partition coefficient (Wildman–Crippen LogP) is 6.24. The molecule has 0 fully saturated rings. The highest BCUT2D eigenvalue weighted by Crippen LogP contribution is 2.38. The first kappa shape index (κ1) is 35.6. The van der Waals surface area contributed by atoms with E-state index in [2.05, 4.69) is 0 Å². The summed E-state index contributed by atoms with van der Waals surface area (Å²) in [4.78, 5) is 11.7. The Hall–Kier alpha value is -3.39. The van der Waals surface area contributed by atoms with Crippen LogP contribution < -0.4 is 9.47 Å². The summed E-state index contributed by atoms with van der Waals surface area (Å²) in [7, 11) is 1.51. The second-order valence-corrected chi connectivity index (χ2v) is 7.64. The molecule has 0 saturated carbocycles. The van der Waals surface area contributed by atoms with Crippen LogP contribution in [-0.2, 0) is 13.2 Å². The smallest absolute Gasteiger partial charge is 0.159 e. The molecule has 0 aromatic heterocycles. The van der Waals surface area contributed by atoms with Crippen LogP contribution in [0.25, 0.3) is 0 Å². The summed E-state index contributed by atoms with van der Waals surface area (Å²) in [5.74, 6) is 0.0995. The Labute approximate surface area is 233 Å². The van der Waals surface area contributed by atoms with E-state index in [1.54, 1.807) is 60.7 Å². The van der Waals surface area contributed by atoms with Gasteiger partial charge in [-0.15, -0.1) is 0 Å². The van der Waals surface area contributed by atoms with Gasteiger partial charge in [0.05, 0.1) is 32.8 Å². The van der Waals surface area contributed by atoms with Crippen molar-refractivity contribution in [1.82, 2.24) is 0 Å². The molecule has 4 N–H and O–H groups in total. The van der Waals surface area contributed by atoms with Gasteiger partial charge in [-0.05, 0) is 48.9 Å². The van der Waals surface area contributed by atoms with Gasteiger partial charge in [-0.3, -0.25) is 4.79 Å². The molecule has 0 spiro atoms.